The summed E-state index contributed by atoms with van der Waals surface area (Å²) in [6.07, 6.45) is 75.1. The highest BCUT2D eigenvalue weighted by atomic mass is 31.2. The molecule has 19 heteroatoms. The van der Waals surface area contributed by atoms with Crippen molar-refractivity contribution < 1.29 is 80.2 Å². The molecule has 672 valence electrons. The molecule has 0 radical (unpaired) electrons. The molecule has 0 rings (SSSR count). The first-order chi connectivity index (χ1) is 54.6. The van der Waals surface area contributed by atoms with Crippen LogP contribution in [-0.2, 0) is 65.4 Å². The smallest absolute Gasteiger partial charge is 0.462 e. The van der Waals surface area contributed by atoms with Crippen LogP contribution in [0.1, 0.15) is 498 Å². The van der Waals surface area contributed by atoms with Crippen LogP contribution >= 0.6 is 15.6 Å². The molecule has 0 saturated heterocycles. The van der Waals surface area contributed by atoms with Gasteiger partial charge in [-0.1, -0.05) is 447 Å². The van der Waals surface area contributed by atoms with Crippen LogP contribution in [-0.4, -0.2) is 96.7 Å². The first kappa shape index (κ1) is 111. The van der Waals surface area contributed by atoms with Crippen molar-refractivity contribution in [3.8, 4) is 0 Å². The molecule has 3 N–H and O–H groups in total. The van der Waals surface area contributed by atoms with E-state index in [0.717, 1.165) is 114 Å². The van der Waals surface area contributed by atoms with Gasteiger partial charge in [-0.25, -0.2) is 9.13 Å². The molecule has 0 heterocycles. The topological polar surface area (TPSA) is 237 Å². The normalized spacial score (nSPS) is 14.0. The molecule has 6 atom stereocenters. The minimum Gasteiger partial charge on any atom is -0.462 e. The van der Waals surface area contributed by atoms with Gasteiger partial charge in [0.15, 0.2) is 12.2 Å². The summed E-state index contributed by atoms with van der Waals surface area (Å²) >= 11 is 0. The van der Waals surface area contributed by atoms with E-state index in [9.17, 15) is 43.2 Å². The van der Waals surface area contributed by atoms with Crippen LogP contribution < -0.4 is 0 Å². The van der Waals surface area contributed by atoms with Crippen LogP contribution in [0.3, 0.4) is 0 Å². The number of phosphoric acid groups is 2. The number of esters is 4. The van der Waals surface area contributed by atoms with Crippen LogP contribution in [0, 0.1) is 23.7 Å². The lowest BCUT2D eigenvalue weighted by Crippen LogP contribution is -2.30. The van der Waals surface area contributed by atoms with Gasteiger partial charge in [-0.3, -0.25) is 37.3 Å². The maximum Gasteiger partial charge on any atom is 0.472 e. The maximum absolute atomic E-state index is 13.2. The summed E-state index contributed by atoms with van der Waals surface area (Å²) in [6.45, 7) is 14.4. The first-order valence-corrected chi connectivity index (χ1v) is 51.2. The molecule has 0 fully saturated rings. The second-order valence-corrected chi connectivity index (χ2v) is 38.3. The van der Waals surface area contributed by atoms with Crippen molar-refractivity contribution in [1.82, 2.24) is 0 Å². The number of rotatable bonds is 91. The van der Waals surface area contributed by atoms with Crippen LogP contribution in [0.5, 0.6) is 0 Å². The summed E-state index contributed by atoms with van der Waals surface area (Å²) in [5.41, 5.74) is 0. The van der Waals surface area contributed by atoms with E-state index in [1.54, 1.807) is 0 Å². The highest BCUT2D eigenvalue weighted by Crippen LogP contribution is 2.45. The van der Waals surface area contributed by atoms with Gasteiger partial charge in [0.1, 0.15) is 19.3 Å². The largest absolute Gasteiger partial charge is 0.472 e. The molecule has 0 spiro atoms. The Morgan fingerprint density at radius 3 is 0.628 bits per heavy atom. The van der Waals surface area contributed by atoms with Gasteiger partial charge in [0, 0.05) is 25.7 Å². The van der Waals surface area contributed by atoms with Crippen LogP contribution in [0.25, 0.3) is 0 Å². The van der Waals surface area contributed by atoms with Crippen molar-refractivity contribution in [2.24, 2.45) is 23.7 Å². The Hall–Kier alpha value is -1.94. The van der Waals surface area contributed by atoms with Crippen LogP contribution in [0.15, 0.2) is 0 Å². The number of carbonyl (C=O) groups is 4. The van der Waals surface area contributed by atoms with E-state index in [1.165, 1.54) is 302 Å². The van der Waals surface area contributed by atoms with E-state index in [0.29, 0.717) is 25.7 Å². The number of aliphatic hydroxyl groups excluding tert-OH is 1. The lowest BCUT2D eigenvalue weighted by molar-refractivity contribution is -0.161. The van der Waals surface area contributed by atoms with Crippen molar-refractivity contribution >= 4 is 39.5 Å². The van der Waals surface area contributed by atoms with Crippen LogP contribution in [0.4, 0.5) is 0 Å². The number of ether oxygens (including phenoxy) is 4. The van der Waals surface area contributed by atoms with Gasteiger partial charge >= 0.3 is 39.5 Å². The van der Waals surface area contributed by atoms with E-state index in [4.69, 9.17) is 37.0 Å². The number of unbranched alkanes of at least 4 members (excludes halogenated alkanes) is 56. The molecule has 0 aromatic carbocycles. The Labute approximate surface area is 696 Å². The summed E-state index contributed by atoms with van der Waals surface area (Å²) in [5.74, 6) is 1.14. The van der Waals surface area contributed by atoms with E-state index in [-0.39, 0.29) is 25.7 Å². The molecule has 0 saturated carbocycles. The van der Waals surface area contributed by atoms with Crippen molar-refractivity contribution in [2.75, 3.05) is 39.6 Å². The van der Waals surface area contributed by atoms with Gasteiger partial charge in [-0.15, -0.1) is 0 Å². The number of hydrogen-bond donors (Lipinski definition) is 3. The molecular weight excluding hydrogens is 1460 g/mol. The monoisotopic (exact) mass is 1650 g/mol. The SMILES string of the molecule is CCC(C)CCCCCCCCCCCCCCCCCCCCC(=O)O[C@H](COC(=O)CCCCCCCCCCCCCCCCCCCCC(C)C)COP(=O)(O)OC[C@@H](O)COP(=O)(O)OC[C@@H](COC(=O)CCCCCCCCCCCC(C)C)OC(=O)CCCCCCCCCCCCCCCCCC(C)C. The molecule has 3 unspecified atom stereocenters. The molecule has 113 heavy (non-hydrogen) atoms. The van der Waals surface area contributed by atoms with E-state index < -0.39 is 97.5 Å². The Morgan fingerprint density at radius 2 is 0.425 bits per heavy atom. The number of carbonyl (C=O) groups excluding carboxylic acids is 4. The van der Waals surface area contributed by atoms with Gasteiger partial charge in [-0.2, -0.15) is 0 Å². The molecule has 0 aliphatic carbocycles. The molecule has 0 aliphatic heterocycles. The number of phosphoric ester groups is 2. The van der Waals surface area contributed by atoms with Crippen LogP contribution in [0.2, 0.25) is 0 Å². The summed E-state index contributed by atoms with van der Waals surface area (Å²) < 4.78 is 69.2. The minimum absolute atomic E-state index is 0.107. The lowest BCUT2D eigenvalue weighted by atomic mass is 9.99. The van der Waals surface area contributed by atoms with E-state index in [2.05, 4.69) is 55.4 Å². The van der Waals surface area contributed by atoms with Gasteiger partial charge in [0.25, 0.3) is 0 Å². The number of aliphatic hydroxyl groups is 1. The Morgan fingerprint density at radius 1 is 0.248 bits per heavy atom. The predicted octanol–water partition coefficient (Wildman–Crippen LogP) is 29.1. The second-order valence-electron chi connectivity index (χ2n) is 35.4. The molecule has 0 aromatic rings. The second kappa shape index (κ2) is 82.4. The molecule has 0 amide bonds. The maximum atomic E-state index is 13.2. The summed E-state index contributed by atoms with van der Waals surface area (Å²) in [5, 5.41) is 10.7. The zero-order valence-electron chi connectivity index (χ0n) is 75.0. The van der Waals surface area contributed by atoms with Gasteiger partial charge in [0.05, 0.1) is 26.4 Å². The van der Waals surface area contributed by atoms with E-state index >= 15 is 0 Å². The molecule has 0 aromatic heterocycles. The summed E-state index contributed by atoms with van der Waals surface area (Å²) in [4.78, 5) is 73.5. The minimum atomic E-state index is -4.97. The molecule has 0 bridgehead atoms. The fourth-order valence-electron chi connectivity index (χ4n) is 14.7. The van der Waals surface area contributed by atoms with Gasteiger partial charge < -0.3 is 33.8 Å². The number of hydrogen-bond acceptors (Lipinski definition) is 15. The molecule has 17 nitrogen and oxygen atoms in total. The third kappa shape index (κ3) is 86.3. The zero-order valence-corrected chi connectivity index (χ0v) is 76.8. The van der Waals surface area contributed by atoms with E-state index in [1.807, 2.05) is 0 Å². The van der Waals surface area contributed by atoms with Crippen molar-refractivity contribution in [3.05, 3.63) is 0 Å². The molecular formula is C94H184O17P2. The quantitative estimate of drug-likeness (QED) is 0.0222. The Kier molecular flexibility index (Phi) is 81.0. The predicted molar refractivity (Wildman–Crippen MR) is 469 cm³/mol. The fourth-order valence-corrected chi connectivity index (χ4v) is 16.3. The third-order valence-electron chi connectivity index (χ3n) is 22.4. The zero-order chi connectivity index (χ0) is 83.0. The van der Waals surface area contributed by atoms with Crippen molar-refractivity contribution in [3.63, 3.8) is 0 Å². The Bertz CT molecular complexity index is 2180. The lowest BCUT2D eigenvalue weighted by Gasteiger charge is -2.21. The van der Waals surface area contributed by atoms with Gasteiger partial charge in [-0.05, 0) is 49.4 Å². The third-order valence-corrected chi connectivity index (χ3v) is 24.3. The molecule has 0 aliphatic rings. The highest BCUT2D eigenvalue weighted by Gasteiger charge is 2.31. The standard InChI is InChI=1S/C94H184O17P2/c1-9-87(8)73-65-57-49-41-33-27-21-15-11-13-17-23-29-35-43-52-60-68-76-93(98)110-89(80-104-91(96)74-66-58-50-42-34-28-22-16-12-10-14-19-25-31-38-46-54-62-70-84(2)3)82-108-112(100,101)106-78-88(95)79-107-113(102,103)109-83-90(81-105-92(97)75-67-59-51-45-37-40-48-56-64-72-86(6)7)111-94(99)77-69-61-53-44-36-30-24-18-20-26-32-39-47-55-63-71-85(4)5/h84-90,95H,9-83H2,1-8H3,(H,100,101)(H,102,103)/t87?,88-,89-,90-/m1/s1. The van der Waals surface area contributed by atoms with Crippen molar-refractivity contribution in [2.45, 2.75) is 517 Å². The first-order valence-electron chi connectivity index (χ1n) is 48.2. The summed E-state index contributed by atoms with van der Waals surface area (Å²) in [7, 11) is -9.94. The highest BCUT2D eigenvalue weighted by molar-refractivity contribution is 7.47. The fraction of sp³-hybridized carbons (Fsp3) is 0.957. The summed E-state index contributed by atoms with van der Waals surface area (Å²) in [6, 6.07) is 0. The average molecular weight is 1650 g/mol. The Balaban J connectivity index is 5.25. The van der Waals surface area contributed by atoms with Gasteiger partial charge in [0.2, 0.25) is 0 Å². The average Bonchev–Trinajstić information content (AvgIpc) is 0.905. The van der Waals surface area contributed by atoms with Crippen molar-refractivity contribution in [1.29, 1.82) is 0 Å².